The molecular weight excluding hydrogens is 334 g/mol. The Labute approximate surface area is 127 Å². The van der Waals surface area contributed by atoms with Crippen LogP contribution in [0, 0.1) is 0 Å². The average Bonchev–Trinajstić information content (AvgIpc) is 2.72. The summed E-state index contributed by atoms with van der Waals surface area (Å²) >= 11 is 12.7. The summed E-state index contributed by atoms with van der Waals surface area (Å²) in [4.78, 5) is 9.44. The van der Waals surface area contributed by atoms with Gasteiger partial charge < -0.3 is 4.90 Å². The highest BCUT2D eigenvalue weighted by molar-refractivity contribution is 7.16. The number of thiophene rings is 1. The van der Waals surface area contributed by atoms with E-state index in [1.165, 1.54) is 11.3 Å². The Morgan fingerprint density at radius 1 is 1.25 bits per heavy atom. The van der Waals surface area contributed by atoms with Gasteiger partial charge in [-0.05, 0) is 23.7 Å². The molecule has 0 aliphatic heterocycles. The third-order valence-electron chi connectivity index (χ3n) is 2.39. The van der Waals surface area contributed by atoms with E-state index in [1.807, 2.05) is 0 Å². The maximum atomic E-state index is 12.7. The smallest absolute Gasteiger partial charge is 0.354 e. The largest absolute Gasteiger partial charge is 0.433 e. The second-order valence-electron chi connectivity index (χ2n) is 3.94. The van der Waals surface area contributed by atoms with Crippen molar-refractivity contribution >= 4 is 40.4 Å². The molecular formula is C11H8Cl2F3N3S. The number of hydrogen-bond acceptors (Lipinski definition) is 4. The quantitative estimate of drug-likeness (QED) is 0.769. The van der Waals surface area contributed by atoms with Gasteiger partial charge in [0.1, 0.15) is 5.82 Å². The molecule has 9 heteroatoms. The van der Waals surface area contributed by atoms with Crippen LogP contribution in [0.2, 0.25) is 9.62 Å². The first-order chi connectivity index (χ1) is 9.25. The van der Waals surface area contributed by atoms with Crippen molar-refractivity contribution in [2.75, 3.05) is 11.9 Å². The van der Waals surface area contributed by atoms with Crippen molar-refractivity contribution < 1.29 is 13.2 Å². The van der Waals surface area contributed by atoms with E-state index < -0.39 is 17.2 Å². The predicted molar refractivity (Wildman–Crippen MR) is 73.5 cm³/mol. The van der Waals surface area contributed by atoms with E-state index in [0.29, 0.717) is 10.9 Å². The van der Waals surface area contributed by atoms with Gasteiger partial charge in [0.2, 0.25) is 5.28 Å². The third-order valence-corrected chi connectivity index (χ3v) is 3.77. The highest BCUT2D eigenvalue weighted by atomic mass is 35.5. The minimum Gasteiger partial charge on any atom is -0.354 e. The summed E-state index contributed by atoms with van der Waals surface area (Å²) in [5.41, 5.74) is -1.07. The molecule has 0 aliphatic rings. The number of aromatic nitrogens is 2. The normalized spacial score (nSPS) is 11.7. The zero-order valence-electron chi connectivity index (χ0n) is 10.1. The van der Waals surface area contributed by atoms with Crippen LogP contribution in [0.1, 0.15) is 10.6 Å². The van der Waals surface area contributed by atoms with E-state index in [0.717, 1.165) is 10.9 Å². The minimum atomic E-state index is -4.56. The molecule has 2 heterocycles. The van der Waals surface area contributed by atoms with Gasteiger partial charge in [-0.1, -0.05) is 11.6 Å². The number of hydrogen-bond donors (Lipinski definition) is 0. The average molecular weight is 342 g/mol. The van der Waals surface area contributed by atoms with Crippen molar-refractivity contribution in [3.63, 3.8) is 0 Å². The molecule has 0 atom stereocenters. The first kappa shape index (κ1) is 15.3. The van der Waals surface area contributed by atoms with E-state index in [4.69, 9.17) is 23.2 Å². The first-order valence-corrected chi connectivity index (χ1v) is 6.90. The van der Waals surface area contributed by atoms with Crippen LogP contribution in [-0.4, -0.2) is 17.0 Å². The molecule has 2 rings (SSSR count). The van der Waals surface area contributed by atoms with Crippen molar-refractivity contribution in [2.45, 2.75) is 12.7 Å². The maximum absolute atomic E-state index is 12.7. The Balaban J connectivity index is 2.25. The fraction of sp³-hybridized carbons (Fsp3) is 0.273. The highest BCUT2D eigenvalue weighted by Crippen LogP contribution is 2.31. The lowest BCUT2D eigenvalue weighted by atomic mass is 10.3. The van der Waals surface area contributed by atoms with Crippen LogP contribution in [0.4, 0.5) is 19.0 Å². The minimum absolute atomic E-state index is 0.0989. The fourth-order valence-electron chi connectivity index (χ4n) is 1.50. The van der Waals surface area contributed by atoms with Crippen molar-refractivity contribution in [2.24, 2.45) is 0 Å². The van der Waals surface area contributed by atoms with Gasteiger partial charge in [0.25, 0.3) is 0 Å². The predicted octanol–water partition coefficient (Wildman–Crippen LogP) is 4.50. The molecule has 0 aromatic carbocycles. The number of halogens is 5. The van der Waals surface area contributed by atoms with Crippen LogP contribution >= 0.6 is 34.5 Å². The molecule has 2 aromatic rings. The fourth-order valence-corrected chi connectivity index (χ4v) is 2.82. The molecule has 0 aliphatic carbocycles. The molecule has 0 radical (unpaired) electrons. The van der Waals surface area contributed by atoms with Crippen LogP contribution in [0.15, 0.2) is 18.2 Å². The topological polar surface area (TPSA) is 29.0 Å². The monoisotopic (exact) mass is 341 g/mol. The lowest BCUT2D eigenvalue weighted by Gasteiger charge is -2.18. The van der Waals surface area contributed by atoms with Crippen molar-refractivity contribution in [3.8, 4) is 0 Å². The summed E-state index contributed by atoms with van der Waals surface area (Å²) in [5.74, 6) is 0.0989. The van der Waals surface area contributed by atoms with Gasteiger partial charge >= 0.3 is 6.18 Å². The maximum Gasteiger partial charge on any atom is 0.433 e. The van der Waals surface area contributed by atoms with Crippen molar-refractivity contribution in [1.82, 2.24) is 9.97 Å². The van der Waals surface area contributed by atoms with Gasteiger partial charge in [-0.25, -0.2) is 9.97 Å². The van der Waals surface area contributed by atoms with Crippen LogP contribution in [0.3, 0.4) is 0 Å². The second-order valence-corrected chi connectivity index (χ2v) is 6.08. The van der Waals surface area contributed by atoms with Gasteiger partial charge in [0.05, 0.1) is 10.9 Å². The third kappa shape index (κ3) is 3.74. The van der Waals surface area contributed by atoms with E-state index in [2.05, 4.69) is 9.97 Å². The molecule has 0 saturated heterocycles. The molecule has 0 spiro atoms. The summed E-state index contributed by atoms with van der Waals surface area (Å²) in [7, 11) is 1.62. The molecule has 0 amide bonds. The number of anilines is 1. The lowest BCUT2D eigenvalue weighted by molar-refractivity contribution is -0.141. The summed E-state index contributed by atoms with van der Waals surface area (Å²) in [6.07, 6.45) is -4.56. The van der Waals surface area contributed by atoms with Crippen LogP contribution < -0.4 is 4.90 Å². The second kappa shape index (κ2) is 5.75. The Kier molecular flexibility index (Phi) is 4.41. The molecule has 108 valence electrons. The van der Waals surface area contributed by atoms with Gasteiger partial charge in [-0.3, -0.25) is 0 Å². The van der Waals surface area contributed by atoms with Gasteiger partial charge in [-0.2, -0.15) is 13.2 Å². The Morgan fingerprint density at radius 2 is 1.95 bits per heavy atom. The van der Waals surface area contributed by atoms with Crippen LogP contribution in [0.25, 0.3) is 0 Å². The molecule has 20 heavy (non-hydrogen) atoms. The van der Waals surface area contributed by atoms with E-state index in [9.17, 15) is 13.2 Å². The van der Waals surface area contributed by atoms with E-state index in [1.54, 1.807) is 24.1 Å². The standard InChI is InChI=1S/C11H8Cl2F3N3S/c1-19(5-6-2-3-8(12)20-6)9-4-7(11(14,15)16)17-10(13)18-9/h2-4H,5H2,1H3. The molecule has 0 fully saturated rings. The SMILES string of the molecule is CN(Cc1ccc(Cl)s1)c1cc(C(F)(F)F)nc(Cl)n1. The Hall–Kier alpha value is -1.05. The first-order valence-electron chi connectivity index (χ1n) is 5.33. The van der Waals surface area contributed by atoms with Crippen LogP contribution in [-0.2, 0) is 12.7 Å². The van der Waals surface area contributed by atoms with E-state index in [-0.39, 0.29) is 5.82 Å². The van der Waals surface area contributed by atoms with Gasteiger partial charge in [-0.15, -0.1) is 11.3 Å². The molecule has 0 N–H and O–H groups in total. The molecule has 2 aromatic heterocycles. The molecule has 0 bridgehead atoms. The summed E-state index contributed by atoms with van der Waals surface area (Å²) in [6, 6.07) is 4.39. The number of nitrogens with zero attached hydrogens (tertiary/aromatic N) is 3. The summed E-state index contributed by atoms with van der Waals surface area (Å²) in [6.45, 7) is 0.377. The van der Waals surface area contributed by atoms with Gasteiger partial charge in [0.15, 0.2) is 5.69 Å². The summed E-state index contributed by atoms with van der Waals surface area (Å²) < 4.78 is 38.6. The number of rotatable bonds is 3. The highest BCUT2D eigenvalue weighted by Gasteiger charge is 2.34. The molecule has 0 unspecified atom stereocenters. The zero-order chi connectivity index (χ0) is 14.9. The molecule has 3 nitrogen and oxygen atoms in total. The Bertz CT molecular complexity index is 615. The van der Waals surface area contributed by atoms with Gasteiger partial charge in [0, 0.05) is 18.0 Å². The summed E-state index contributed by atoms with van der Waals surface area (Å²) in [5, 5.41) is -0.439. The lowest BCUT2D eigenvalue weighted by Crippen LogP contribution is -2.19. The van der Waals surface area contributed by atoms with E-state index >= 15 is 0 Å². The Morgan fingerprint density at radius 3 is 2.50 bits per heavy atom. The number of alkyl halides is 3. The van der Waals surface area contributed by atoms with Crippen molar-refractivity contribution in [1.29, 1.82) is 0 Å². The molecule has 0 saturated carbocycles. The van der Waals surface area contributed by atoms with Crippen molar-refractivity contribution in [3.05, 3.63) is 38.4 Å². The zero-order valence-corrected chi connectivity index (χ0v) is 12.4. The van der Waals surface area contributed by atoms with Crippen LogP contribution in [0.5, 0.6) is 0 Å².